The molecule has 0 fully saturated rings. The smallest absolute Gasteiger partial charge is 0.240 e. The topological polar surface area (TPSA) is 106 Å². The third-order valence-electron chi connectivity index (χ3n) is 4.34. The van der Waals surface area contributed by atoms with E-state index in [9.17, 15) is 13.2 Å². The Balaban J connectivity index is 1.51. The van der Waals surface area contributed by atoms with Crippen LogP contribution in [-0.2, 0) is 35.0 Å². The minimum absolute atomic E-state index is 0.000470. The van der Waals surface area contributed by atoms with Crippen LogP contribution in [0.4, 0.5) is 0 Å². The van der Waals surface area contributed by atoms with Crippen LogP contribution in [0, 0.1) is 6.92 Å². The van der Waals surface area contributed by atoms with E-state index in [-0.39, 0.29) is 23.1 Å². The summed E-state index contributed by atoms with van der Waals surface area (Å²) < 4.78 is 29.0. The van der Waals surface area contributed by atoms with E-state index >= 15 is 0 Å². The van der Waals surface area contributed by atoms with Crippen molar-refractivity contribution in [2.45, 2.75) is 30.1 Å². The molecular weight excluding hydrogens is 422 g/mol. The molecule has 2 N–H and O–H groups in total. The fraction of sp³-hybridized carbons (Fsp3) is 0.250. The van der Waals surface area contributed by atoms with Crippen LogP contribution in [0.5, 0.6) is 0 Å². The average molecular weight is 446 g/mol. The number of aromatic nitrogens is 3. The predicted octanol–water partition coefficient (Wildman–Crippen LogP) is 2.01. The summed E-state index contributed by atoms with van der Waals surface area (Å²) in [6.45, 7) is 2.36. The van der Waals surface area contributed by atoms with E-state index in [2.05, 4.69) is 20.2 Å². The van der Waals surface area contributed by atoms with Gasteiger partial charge in [0.05, 0.1) is 17.2 Å². The Labute approximate surface area is 180 Å². The van der Waals surface area contributed by atoms with Gasteiger partial charge < -0.3 is 9.88 Å². The van der Waals surface area contributed by atoms with E-state index in [0.717, 1.165) is 11.1 Å². The number of sulfonamides is 1. The second kappa shape index (κ2) is 9.88. The minimum Gasteiger partial charge on any atom is -0.351 e. The Morgan fingerprint density at radius 1 is 1.03 bits per heavy atom. The second-order valence-corrected chi connectivity index (χ2v) is 9.36. The lowest BCUT2D eigenvalue weighted by Gasteiger charge is -2.08. The number of carbonyl (C=O) groups is 1. The fourth-order valence-electron chi connectivity index (χ4n) is 2.56. The number of amides is 1. The van der Waals surface area contributed by atoms with Crippen molar-refractivity contribution in [1.29, 1.82) is 0 Å². The first-order valence-electron chi connectivity index (χ1n) is 9.23. The highest BCUT2D eigenvalue weighted by Crippen LogP contribution is 2.16. The van der Waals surface area contributed by atoms with Crippen molar-refractivity contribution in [2.24, 2.45) is 7.05 Å². The van der Waals surface area contributed by atoms with Crippen LogP contribution < -0.4 is 10.0 Å². The van der Waals surface area contributed by atoms with Crippen LogP contribution in [0.25, 0.3) is 0 Å². The van der Waals surface area contributed by atoms with E-state index in [0.29, 0.717) is 17.5 Å². The largest absolute Gasteiger partial charge is 0.351 e. The third kappa shape index (κ3) is 5.91. The van der Waals surface area contributed by atoms with Gasteiger partial charge in [0.15, 0.2) is 5.16 Å². The Morgan fingerprint density at radius 3 is 2.43 bits per heavy atom. The molecule has 0 saturated heterocycles. The molecule has 0 radical (unpaired) electrons. The normalized spacial score (nSPS) is 11.4. The number of benzene rings is 2. The Morgan fingerprint density at radius 2 is 1.73 bits per heavy atom. The molecule has 1 heterocycles. The van der Waals surface area contributed by atoms with Gasteiger partial charge in [-0.1, -0.05) is 59.8 Å². The quantitative estimate of drug-likeness (QED) is 0.488. The third-order valence-corrected chi connectivity index (χ3v) is 6.78. The monoisotopic (exact) mass is 445 g/mol. The first-order valence-corrected chi connectivity index (χ1v) is 11.7. The Kier molecular flexibility index (Phi) is 7.24. The van der Waals surface area contributed by atoms with Gasteiger partial charge in [-0.15, -0.1) is 10.2 Å². The highest BCUT2D eigenvalue weighted by atomic mass is 32.2. The van der Waals surface area contributed by atoms with Crippen LogP contribution >= 0.6 is 11.8 Å². The van der Waals surface area contributed by atoms with E-state index < -0.39 is 10.0 Å². The number of aryl methyl sites for hydroxylation is 1. The molecule has 8 nitrogen and oxygen atoms in total. The van der Waals surface area contributed by atoms with Crippen LogP contribution in [0.1, 0.15) is 17.0 Å². The predicted molar refractivity (Wildman–Crippen MR) is 115 cm³/mol. The fourth-order valence-corrected chi connectivity index (χ4v) is 4.30. The summed E-state index contributed by atoms with van der Waals surface area (Å²) in [7, 11) is -1.91. The Hall–Kier alpha value is -2.69. The first-order chi connectivity index (χ1) is 14.3. The van der Waals surface area contributed by atoms with Crippen molar-refractivity contribution < 1.29 is 13.2 Å². The molecule has 10 heteroatoms. The van der Waals surface area contributed by atoms with Gasteiger partial charge in [0.1, 0.15) is 5.82 Å². The molecule has 1 amide bonds. The van der Waals surface area contributed by atoms with E-state index in [1.165, 1.54) is 11.8 Å². The van der Waals surface area contributed by atoms with E-state index in [1.807, 2.05) is 37.3 Å². The highest BCUT2D eigenvalue weighted by molar-refractivity contribution is 7.99. The summed E-state index contributed by atoms with van der Waals surface area (Å²) >= 11 is 1.24. The maximum atomic E-state index is 12.4. The number of carbonyl (C=O) groups excluding carboxylic acids is 1. The van der Waals surface area contributed by atoms with Crippen molar-refractivity contribution in [3.8, 4) is 0 Å². The molecule has 1 aromatic heterocycles. The maximum Gasteiger partial charge on any atom is 0.240 e. The molecule has 2 aromatic carbocycles. The summed E-state index contributed by atoms with van der Waals surface area (Å²) in [5.41, 5.74) is 2.01. The summed E-state index contributed by atoms with van der Waals surface area (Å²) in [6.07, 6.45) is 0. The molecule has 0 unspecified atom stereocenters. The van der Waals surface area contributed by atoms with Gasteiger partial charge >= 0.3 is 0 Å². The van der Waals surface area contributed by atoms with Gasteiger partial charge in [-0.3, -0.25) is 4.79 Å². The van der Waals surface area contributed by atoms with Gasteiger partial charge in [-0.05, 0) is 24.6 Å². The summed E-state index contributed by atoms with van der Waals surface area (Å²) in [5.74, 6) is 0.528. The lowest BCUT2D eigenvalue weighted by molar-refractivity contribution is -0.118. The zero-order chi connectivity index (χ0) is 21.6. The highest BCUT2D eigenvalue weighted by Gasteiger charge is 2.17. The van der Waals surface area contributed by atoms with Crippen LogP contribution in [-0.4, -0.2) is 34.8 Å². The number of hydrogen-bond acceptors (Lipinski definition) is 6. The molecule has 0 atom stereocenters. The second-order valence-electron chi connectivity index (χ2n) is 6.65. The molecular formula is C20H23N5O3S2. The summed E-state index contributed by atoms with van der Waals surface area (Å²) in [5, 5.41) is 11.5. The molecule has 3 rings (SSSR count). The van der Waals surface area contributed by atoms with E-state index in [1.54, 1.807) is 35.9 Å². The van der Waals surface area contributed by atoms with Crippen molar-refractivity contribution in [2.75, 3.05) is 5.75 Å². The number of nitrogens with one attached hydrogen (secondary N) is 2. The molecule has 0 bridgehead atoms. The van der Waals surface area contributed by atoms with Crippen LogP contribution in [0.2, 0.25) is 0 Å². The van der Waals surface area contributed by atoms with Gasteiger partial charge in [-0.2, -0.15) is 0 Å². The van der Waals surface area contributed by atoms with Crippen LogP contribution in [0.3, 0.4) is 0 Å². The van der Waals surface area contributed by atoms with Crippen molar-refractivity contribution in [1.82, 2.24) is 24.8 Å². The Bertz CT molecular complexity index is 1100. The zero-order valence-corrected chi connectivity index (χ0v) is 18.3. The van der Waals surface area contributed by atoms with Crippen LogP contribution in [0.15, 0.2) is 64.6 Å². The SMILES string of the molecule is Cc1ccc(S(=O)(=O)NCc2nnc(SCC(=O)NCc3ccccc3)n2C)cc1. The van der Waals surface area contributed by atoms with Crippen molar-refractivity contribution in [3.05, 3.63) is 71.5 Å². The lowest BCUT2D eigenvalue weighted by Crippen LogP contribution is -2.25. The average Bonchev–Trinajstić information content (AvgIpc) is 3.10. The molecule has 0 aliphatic carbocycles. The molecule has 158 valence electrons. The zero-order valence-electron chi connectivity index (χ0n) is 16.7. The summed E-state index contributed by atoms with van der Waals surface area (Å²) in [6, 6.07) is 16.3. The number of thioether (sulfide) groups is 1. The van der Waals surface area contributed by atoms with Crippen molar-refractivity contribution in [3.63, 3.8) is 0 Å². The van der Waals surface area contributed by atoms with Gasteiger partial charge in [0.2, 0.25) is 15.9 Å². The van der Waals surface area contributed by atoms with E-state index in [4.69, 9.17) is 0 Å². The molecule has 30 heavy (non-hydrogen) atoms. The number of hydrogen-bond donors (Lipinski definition) is 2. The standard InChI is InChI=1S/C20H23N5O3S2/c1-15-8-10-17(11-9-15)30(27,28)22-13-18-23-24-20(25(18)2)29-14-19(26)21-12-16-6-4-3-5-7-16/h3-11,22H,12-14H2,1-2H3,(H,21,26). The van der Waals surface area contributed by atoms with Gasteiger partial charge in [0.25, 0.3) is 0 Å². The lowest BCUT2D eigenvalue weighted by atomic mass is 10.2. The molecule has 0 aliphatic heterocycles. The maximum absolute atomic E-state index is 12.4. The summed E-state index contributed by atoms with van der Waals surface area (Å²) in [4.78, 5) is 12.3. The molecule has 3 aromatic rings. The molecule has 0 spiro atoms. The van der Waals surface area contributed by atoms with Gasteiger partial charge in [0, 0.05) is 13.6 Å². The molecule has 0 aliphatic rings. The minimum atomic E-state index is -3.64. The van der Waals surface area contributed by atoms with Gasteiger partial charge in [-0.25, -0.2) is 13.1 Å². The molecule has 0 saturated carbocycles. The number of rotatable bonds is 9. The van der Waals surface area contributed by atoms with Crippen molar-refractivity contribution >= 4 is 27.7 Å². The number of nitrogens with zero attached hydrogens (tertiary/aromatic N) is 3. The first kappa shape index (κ1) is 22.0.